The van der Waals surface area contributed by atoms with Gasteiger partial charge in [0.15, 0.2) is 5.69 Å². The molecule has 3 N–H and O–H groups in total. The van der Waals surface area contributed by atoms with Crippen molar-refractivity contribution in [2.75, 3.05) is 5.32 Å². The molecule has 2 aromatic rings. The molecule has 2 heterocycles. The van der Waals surface area contributed by atoms with Crippen molar-refractivity contribution in [3.8, 4) is 11.4 Å². The van der Waals surface area contributed by atoms with E-state index in [1.54, 1.807) is 4.68 Å². The number of hydrogen-bond acceptors (Lipinski definition) is 5. The number of amides is 1. The Morgan fingerprint density at radius 3 is 2.69 bits per heavy atom. The smallest absolute Gasteiger partial charge is 0.269 e. The van der Waals surface area contributed by atoms with Crippen molar-refractivity contribution in [2.45, 2.75) is 57.4 Å². The Morgan fingerprint density at radius 1 is 1.35 bits per heavy atom. The summed E-state index contributed by atoms with van der Waals surface area (Å²) in [5.74, 6) is 0.157. The molecule has 0 bridgehead atoms. The number of halogens is 1. The van der Waals surface area contributed by atoms with Gasteiger partial charge in [-0.1, -0.05) is 26.7 Å². The number of nitrogens with two attached hydrogens (primary N) is 1. The molecule has 4 rings (SSSR count). The van der Waals surface area contributed by atoms with E-state index >= 15 is 0 Å². The van der Waals surface area contributed by atoms with Crippen molar-refractivity contribution >= 4 is 24.3 Å². The lowest BCUT2D eigenvalue weighted by Crippen LogP contribution is -2.29. The number of aromatic nitrogens is 4. The number of hydrogen-bond donors (Lipinski definition) is 2. The first-order chi connectivity index (χ1) is 11.9. The van der Waals surface area contributed by atoms with Gasteiger partial charge in [-0.2, -0.15) is 5.10 Å². The Labute approximate surface area is 159 Å². The molecule has 8 heteroatoms. The van der Waals surface area contributed by atoms with Crippen LogP contribution in [0.1, 0.15) is 61.1 Å². The molecule has 0 aliphatic heterocycles. The third kappa shape index (κ3) is 2.94. The molecule has 0 unspecified atom stereocenters. The second-order valence-electron chi connectivity index (χ2n) is 7.81. The van der Waals surface area contributed by atoms with E-state index in [2.05, 4.69) is 29.2 Å². The zero-order chi connectivity index (χ0) is 17.8. The van der Waals surface area contributed by atoms with Crippen LogP contribution in [0.2, 0.25) is 0 Å². The van der Waals surface area contributed by atoms with Crippen molar-refractivity contribution in [1.82, 2.24) is 19.7 Å². The van der Waals surface area contributed by atoms with Crippen LogP contribution in [0.15, 0.2) is 6.20 Å². The van der Waals surface area contributed by atoms with E-state index in [1.807, 2.05) is 13.2 Å². The number of anilines is 1. The van der Waals surface area contributed by atoms with Gasteiger partial charge in [0.2, 0.25) is 5.95 Å². The highest BCUT2D eigenvalue weighted by atomic mass is 35.5. The third-order valence-electron chi connectivity index (χ3n) is 5.37. The van der Waals surface area contributed by atoms with Gasteiger partial charge >= 0.3 is 0 Å². The van der Waals surface area contributed by atoms with Crippen LogP contribution in [-0.2, 0) is 18.9 Å². The van der Waals surface area contributed by atoms with Crippen LogP contribution >= 0.6 is 12.4 Å². The van der Waals surface area contributed by atoms with Gasteiger partial charge in [-0.3, -0.25) is 9.48 Å². The van der Waals surface area contributed by atoms with Crippen molar-refractivity contribution < 1.29 is 4.79 Å². The summed E-state index contributed by atoms with van der Waals surface area (Å²) in [6.45, 7) is 4.21. The molecule has 1 amide bonds. The van der Waals surface area contributed by atoms with Gasteiger partial charge in [0, 0.05) is 24.8 Å². The van der Waals surface area contributed by atoms with Crippen molar-refractivity contribution in [2.24, 2.45) is 12.8 Å². The van der Waals surface area contributed by atoms with E-state index in [-0.39, 0.29) is 17.8 Å². The number of carbonyl (C=O) groups excluding carboxylic acids is 1. The molecule has 1 fully saturated rings. The second kappa shape index (κ2) is 6.54. The first-order valence-electron chi connectivity index (χ1n) is 8.87. The van der Waals surface area contributed by atoms with Crippen LogP contribution in [0.3, 0.4) is 0 Å². The summed E-state index contributed by atoms with van der Waals surface area (Å²) in [5, 5.41) is 7.83. The largest absolute Gasteiger partial charge is 0.364 e. The lowest BCUT2D eigenvalue weighted by Gasteiger charge is -2.31. The minimum absolute atomic E-state index is 0. The van der Waals surface area contributed by atoms with Gasteiger partial charge < -0.3 is 11.1 Å². The highest BCUT2D eigenvalue weighted by Gasteiger charge is 2.39. The Bertz CT molecular complexity index is 854. The maximum Gasteiger partial charge on any atom is 0.269 e. The van der Waals surface area contributed by atoms with Crippen molar-refractivity contribution in [3.05, 3.63) is 23.0 Å². The van der Waals surface area contributed by atoms with E-state index in [4.69, 9.17) is 10.7 Å². The van der Waals surface area contributed by atoms with E-state index < -0.39 is 5.91 Å². The Hall–Kier alpha value is -2.15. The number of primary amides is 1. The average molecular weight is 377 g/mol. The number of fused-ring (bicyclic) bond motifs is 3. The molecule has 0 aromatic carbocycles. The normalized spacial score (nSPS) is 18.0. The zero-order valence-corrected chi connectivity index (χ0v) is 16.2. The summed E-state index contributed by atoms with van der Waals surface area (Å²) in [5.41, 5.74) is 9.36. The Kier molecular flexibility index (Phi) is 4.69. The number of nitrogens with one attached hydrogen (secondary N) is 1. The molecule has 2 aromatic heterocycles. The van der Waals surface area contributed by atoms with Crippen LogP contribution in [0, 0.1) is 0 Å². The molecule has 0 radical (unpaired) electrons. The summed E-state index contributed by atoms with van der Waals surface area (Å²) in [7, 11) is 1.84. The summed E-state index contributed by atoms with van der Waals surface area (Å²) >= 11 is 0. The van der Waals surface area contributed by atoms with Gasteiger partial charge in [0.25, 0.3) is 5.91 Å². The molecular formula is C18H25ClN6O. The highest BCUT2D eigenvalue weighted by molar-refractivity contribution is 5.95. The van der Waals surface area contributed by atoms with Crippen LogP contribution in [0.4, 0.5) is 5.95 Å². The molecule has 0 atom stereocenters. The van der Waals surface area contributed by atoms with Crippen LogP contribution in [-0.4, -0.2) is 31.7 Å². The number of rotatable bonds is 3. The lowest BCUT2D eigenvalue weighted by molar-refractivity contribution is 0.0992. The summed E-state index contributed by atoms with van der Waals surface area (Å²) in [6, 6.07) is 0.449. The van der Waals surface area contributed by atoms with Gasteiger partial charge in [-0.25, -0.2) is 9.97 Å². The molecule has 0 saturated heterocycles. The van der Waals surface area contributed by atoms with Crippen LogP contribution in [0.5, 0.6) is 0 Å². The van der Waals surface area contributed by atoms with Gasteiger partial charge in [0.1, 0.15) is 0 Å². The predicted molar refractivity (Wildman–Crippen MR) is 103 cm³/mol. The number of nitrogens with zero attached hydrogens (tertiary/aromatic N) is 4. The molecule has 0 spiro atoms. The van der Waals surface area contributed by atoms with E-state index in [0.717, 1.165) is 41.8 Å². The zero-order valence-electron chi connectivity index (χ0n) is 15.4. The molecule has 26 heavy (non-hydrogen) atoms. The molecule has 2 aliphatic rings. The standard InChI is InChI=1S/C18H24N6O.ClH/c1-18(2)8-10-9-20-17(21-11-6-4-5-7-11)22-13(10)15-12(18)14(16(19)25)23-24(15)3;/h9,11H,4-8H2,1-3H3,(H2,19,25)(H,20,21,22);1H. The molecular weight excluding hydrogens is 352 g/mol. The van der Waals surface area contributed by atoms with Crippen molar-refractivity contribution in [1.29, 1.82) is 0 Å². The van der Waals surface area contributed by atoms with E-state index in [9.17, 15) is 4.79 Å². The monoisotopic (exact) mass is 376 g/mol. The molecule has 7 nitrogen and oxygen atoms in total. The third-order valence-corrected chi connectivity index (χ3v) is 5.37. The highest BCUT2D eigenvalue weighted by Crippen LogP contribution is 2.43. The fourth-order valence-electron chi connectivity index (χ4n) is 4.24. The Morgan fingerprint density at radius 2 is 2.04 bits per heavy atom. The summed E-state index contributed by atoms with van der Waals surface area (Å²) < 4.78 is 1.72. The van der Waals surface area contributed by atoms with Gasteiger partial charge in [-0.05, 0) is 30.2 Å². The topological polar surface area (TPSA) is 98.7 Å². The summed E-state index contributed by atoms with van der Waals surface area (Å²) in [4.78, 5) is 21.2. The van der Waals surface area contributed by atoms with Crippen LogP contribution < -0.4 is 11.1 Å². The van der Waals surface area contributed by atoms with Crippen LogP contribution in [0.25, 0.3) is 11.4 Å². The van der Waals surface area contributed by atoms with Crippen molar-refractivity contribution in [3.63, 3.8) is 0 Å². The minimum atomic E-state index is -0.494. The van der Waals surface area contributed by atoms with Gasteiger partial charge in [-0.15, -0.1) is 12.4 Å². The lowest BCUT2D eigenvalue weighted by atomic mass is 9.73. The molecule has 1 saturated carbocycles. The first-order valence-corrected chi connectivity index (χ1v) is 8.87. The van der Waals surface area contributed by atoms with E-state index in [0.29, 0.717) is 17.7 Å². The van der Waals surface area contributed by atoms with Gasteiger partial charge in [0.05, 0.1) is 11.4 Å². The fourth-order valence-corrected chi connectivity index (χ4v) is 4.24. The fraction of sp³-hybridized carbons (Fsp3) is 0.556. The average Bonchev–Trinajstić information content (AvgIpc) is 3.16. The maximum atomic E-state index is 11.9. The SMILES string of the molecule is Cl.Cn1nc(C(N)=O)c2c1-c1nc(NC3CCCC3)ncc1CC2(C)C. The maximum absolute atomic E-state index is 11.9. The predicted octanol–water partition coefficient (Wildman–Crippen LogP) is 2.59. The Balaban J connectivity index is 0.00000196. The number of aryl methyl sites for hydroxylation is 1. The van der Waals surface area contributed by atoms with E-state index in [1.165, 1.54) is 12.8 Å². The molecule has 140 valence electrons. The summed E-state index contributed by atoms with van der Waals surface area (Å²) in [6.07, 6.45) is 7.49. The number of carbonyl (C=O) groups is 1. The quantitative estimate of drug-likeness (QED) is 0.857. The first kappa shape index (κ1) is 18.6. The minimum Gasteiger partial charge on any atom is -0.364 e. The second-order valence-corrected chi connectivity index (χ2v) is 7.81. The molecule has 2 aliphatic carbocycles.